The van der Waals surface area contributed by atoms with E-state index in [1.165, 1.54) is 32.6 Å². The molecular formula is C22H22N4O3S2. The number of para-hydroxylation sites is 2. The van der Waals surface area contributed by atoms with Crippen molar-refractivity contribution in [3.05, 3.63) is 58.7 Å². The Hall–Kier alpha value is -2.91. The smallest absolute Gasteiger partial charge is 0.272 e. The van der Waals surface area contributed by atoms with Crippen LogP contribution >= 0.6 is 23.1 Å². The molecule has 1 aliphatic rings. The van der Waals surface area contributed by atoms with Crippen molar-refractivity contribution in [1.29, 1.82) is 0 Å². The van der Waals surface area contributed by atoms with Crippen LogP contribution < -0.4 is 15.8 Å². The largest absolute Gasteiger partial charge is 0.322 e. The van der Waals surface area contributed by atoms with Gasteiger partial charge in [0.15, 0.2) is 5.16 Å². The molecule has 2 aromatic heterocycles. The molecule has 4 rings (SSSR count). The first kappa shape index (κ1) is 21.3. The molecule has 1 atom stereocenters. The first-order valence-corrected chi connectivity index (χ1v) is 11.5. The van der Waals surface area contributed by atoms with Crippen molar-refractivity contribution in [3.8, 4) is 0 Å². The molecule has 0 radical (unpaired) electrons. The van der Waals surface area contributed by atoms with Crippen molar-refractivity contribution in [2.45, 2.75) is 43.3 Å². The Kier molecular flexibility index (Phi) is 5.49. The van der Waals surface area contributed by atoms with Gasteiger partial charge >= 0.3 is 0 Å². The molecular weight excluding hydrogens is 432 g/mol. The number of carbonyl (C=O) groups excluding carboxylic acids is 2. The predicted molar refractivity (Wildman–Crippen MR) is 126 cm³/mol. The van der Waals surface area contributed by atoms with Crippen LogP contribution in [0.2, 0.25) is 0 Å². The zero-order chi connectivity index (χ0) is 22.3. The number of benzene rings is 1. The van der Waals surface area contributed by atoms with E-state index in [-0.39, 0.29) is 17.4 Å². The summed E-state index contributed by atoms with van der Waals surface area (Å²) in [7, 11) is 0. The van der Waals surface area contributed by atoms with E-state index in [0.717, 1.165) is 0 Å². The van der Waals surface area contributed by atoms with Gasteiger partial charge in [-0.15, -0.1) is 17.9 Å². The molecule has 1 aliphatic heterocycles. The monoisotopic (exact) mass is 454 g/mol. The molecule has 9 heteroatoms. The molecule has 0 spiro atoms. The highest BCUT2D eigenvalue weighted by atomic mass is 32.2. The van der Waals surface area contributed by atoms with Crippen LogP contribution in [0, 0.1) is 0 Å². The van der Waals surface area contributed by atoms with Gasteiger partial charge < -0.3 is 5.32 Å². The lowest BCUT2D eigenvalue weighted by atomic mass is 9.96. The highest BCUT2D eigenvalue weighted by Gasteiger charge is 2.45. The summed E-state index contributed by atoms with van der Waals surface area (Å²) in [6.07, 6.45) is 1.63. The van der Waals surface area contributed by atoms with E-state index in [0.29, 0.717) is 33.3 Å². The molecule has 3 aromatic rings. The number of carbonyl (C=O) groups is 2. The lowest BCUT2D eigenvalue weighted by Gasteiger charge is -2.43. The number of nitrogens with one attached hydrogen (secondary N) is 1. The Bertz CT molecular complexity index is 1260. The topological polar surface area (TPSA) is 84.3 Å². The van der Waals surface area contributed by atoms with Gasteiger partial charge in [-0.2, -0.15) is 0 Å². The summed E-state index contributed by atoms with van der Waals surface area (Å²) in [6, 6.07) is 9.03. The van der Waals surface area contributed by atoms with Crippen LogP contribution in [0.25, 0.3) is 10.2 Å². The highest BCUT2D eigenvalue weighted by molar-refractivity contribution is 8.00. The Morgan fingerprint density at radius 1 is 1.32 bits per heavy atom. The van der Waals surface area contributed by atoms with Crippen molar-refractivity contribution >= 4 is 56.5 Å². The molecule has 7 nitrogen and oxygen atoms in total. The minimum absolute atomic E-state index is 0.148. The van der Waals surface area contributed by atoms with Gasteiger partial charge in [0.2, 0.25) is 11.8 Å². The number of nitrogens with zero attached hydrogens (tertiary/aromatic N) is 3. The summed E-state index contributed by atoms with van der Waals surface area (Å²) in [5.41, 5.74) is 0.643. The van der Waals surface area contributed by atoms with Crippen LogP contribution in [0.3, 0.4) is 0 Å². The number of thioether (sulfide) groups is 1. The second kappa shape index (κ2) is 7.97. The van der Waals surface area contributed by atoms with Crippen molar-refractivity contribution in [2.24, 2.45) is 0 Å². The predicted octanol–water partition coefficient (Wildman–Crippen LogP) is 3.89. The van der Waals surface area contributed by atoms with Crippen LogP contribution in [0.5, 0.6) is 0 Å². The van der Waals surface area contributed by atoms with E-state index in [4.69, 9.17) is 0 Å². The molecule has 0 saturated heterocycles. The number of rotatable bonds is 5. The number of allylic oxidation sites excluding steroid dienone is 1. The third kappa shape index (κ3) is 3.57. The summed E-state index contributed by atoms with van der Waals surface area (Å²) in [5, 5.41) is 4.55. The fraction of sp³-hybridized carbons (Fsp3) is 0.273. The lowest BCUT2D eigenvalue weighted by Crippen LogP contribution is -2.60. The van der Waals surface area contributed by atoms with E-state index in [9.17, 15) is 14.4 Å². The minimum Gasteiger partial charge on any atom is -0.322 e. The van der Waals surface area contributed by atoms with E-state index in [1.807, 2.05) is 23.6 Å². The van der Waals surface area contributed by atoms with Gasteiger partial charge in [0.25, 0.3) is 5.56 Å². The summed E-state index contributed by atoms with van der Waals surface area (Å²) in [5.74, 6) is -0.486. The van der Waals surface area contributed by atoms with Crippen LogP contribution in [-0.2, 0) is 16.1 Å². The third-order valence-corrected chi connectivity index (χ3v) is 7.17. The van der Waals surface area contributed by atoms with Crippen LogP contribution in [-0.4, -0.2) is 32.2 Å². The van der Waals surface area contributed by atoms with Gasteiger partial charge in [0.1, 0.15) is 10.2 Å². The number of hydrogen-bond donors (Lipinski definition) is 1. The van der Waals surface area contributed by atoms with Crippen molar-refractivity contribution in [3.63, 3.8) is 0 Å². The first-order valence-electron chi connectivity index (χ1n) is 9.76. The molecule has 1 N–H and O–H groups in total. The summed E-state index contributed by atoms with van der Waals surface area (Å²) in [4.78, 5) is 45.3. The normalized spacial score (nSPS) is 16.0. The van der Waals surface area contributed by atoms with Gasteiger partial charge in [-0.1, -0.05) is 30.0 Å². The maximum absolute atomic E-state index is 13.6. The van der Waals surface area contributed by atoms with Gasteiger partial charge in [0, 0.05) is 6.54 Å². The lowest BCUT2D eigenvalue weighted by molar-refractivity contribution is -0.126. The summed E-state index contributed by atoms with van der Waals surface area (Å²) >= 11 is 2.55. The Morgan fingerprint density at radius 3 is 2.81 bits per heavy atom. The van der Waals surface area contributed by atoms with Gasteiger partial charge in [-0.3, -0.25) is 23.9 Å². The number of anilines is 2. The Labute approximate surface area is 187 Å². The molecule has 2 amide bonds. The maximum Gasteiger partial charge on any atom is 0.272 e. The summed E-state index contributed by atoms with van der Waals surface area (Å²) in [6.45, 7) is 9.23. The van der Waals surface area contributed by atoms with E-state index in [1.54, 1.807) is 39.0 Å². The fourth-order valence-corrected chi connectivity index (χ4v) is 5.28. The number of aromatic nitrogens is 2. The van der Waals surface area contributed by atoms with Gasteiger partial charge in [-0.25, -0.2) is 4.98 Å². The van der Waals surface area contributed by atoms with E-state index in [2.05, 4.69) is 16.9 Å². The molecule has 0 bridgehead atoms. The standard InChI is InChI=1S/C22H22N4O3S2/c1-5-11-25-19(28)17-15(10-12-30-17)24-21(25)31-13(2)18(27)26-16-9-7-6-8-14(16)23-20(29)22(26,3)4/h5-10,12-13H,1,11H2,2-4H3,(H,23,29). The Balaban J connectivity index is 1.72. The van der Waals surface area contributed by atoms with Crippen molar-refractivity contribution in [1.82, 2.24) is 9.55 Å². The second-order valence-electron chi connectivity index (χ2n) is 7.70. The van der Waals surface area contributed by atoms with Crippen LogP contribution in [0.4, 0.5) is 11.4 Å². The Morgan fingerprint density at radius 2 is 2.06 bits per heavy atom. The number of hydrogen-bond acceptors (Lipinski definition) is 6. The number of thiophene rings is 1. The number of fused-ring (bicyclic) bond motifs is 2. The average molecular weight is 455 g/mol. The summed E-state index contributed by atoms with van der Waals surface area (Å²) < 4.78 is 2.11. The van der Waals surface area contributed by atoms with Crippen molar-refractivity contribution < 1.29 is 9.59 Å². The molecule has 3 heterocycles. The molecule has 31 heavy (non-hydrogen) atoms. The minimum atomic E-state index is -1.06. The molecule has 1 aromatic carbocycles. The molecule has 0 saturated carbocycles. The molecule has 0 fully saturated rings. The van der Waals surface area contributed by atoms with Crippen LogP contribution in [0.1, 0.15) is 20.8 Å². The van der Waals surface area contributed by atoms with E-state index < -0.39 is 10.8 Å². The van der Waals surface area contributed by atoms with Gasteiger partial charge in [-0.05, 0) is 44.4 Å². The molecule has 160 valence electrons. The fourth-order valence-electron chi connectivity index (χ4n) is 3.54. The average Bonchev–Trinajstić information content (AvgIpc) is 3.20. The van der Waals surface area contributed by atoms with E-state index >= 15 is 0 Å². The first-order chi connectivity index (χ1) is 14.8. The highest BCUT2D eigenvalue weighted by Crippen LogP contribution is 2.38. The zero-order valence-electron chi connectivity index (χ0n) is 17.4. The SMILES string of the molecule is C=CCn1c(SC(C)C(=O)N2c3ccccc3NC(=O)C2(C)C)nc2ccsc2c1=O. The molecule has 1 unspecified atom stereocenters. The van der Waals surface area contributed by atoms with Crippen LogP contribution in [0.15, 0.2) is 58.3 Å². The maximum atomic E-state index is 13.6. The molecule has 0 aliphatic carbocycles. The third-order valence-electron chi connectivity index (χ3n) is 5.20. The van der Waals surface area contributed by atoms with Gasteiger partial charge in [0.05, 0.1) is 22.1 Å². The quantitative estimate of drug-likeness (QED) is 0.359. The zero-order valence-corrected chi connectivity index (χ0v) is 19.0. The van der Waals surface area contributed by atoms with Crippen molar-refractivity contribution in [2.75, 3.05) is 10.2 Å². The number of amides is 2. The second-order valence-corrected chi connectivity index (χ2v) is 9.92.